The third-order valence-electron chi connectivity index (χ3n) is 3.90. The molecule has 0 aliphatic rings. The van der Waals surface area contributed by atoms with E-state index in [1.165, 1.54) is 11.1 Å². The first-order chi connectivity index (χ1) is 10.3. The average Bonchev–Trinajstić information content (AvgIpc) is 2.48. The molecular formula is C17H22N2O2S. The van der Waals surface area contributed by atoms with Crippen LogP contribution in [0.2, 0.25) is 0 Å². The van der Waals surface area contributed by atoms with Crippen molar-refractivity contribution in [3.05, 3.63) is 65.2 Å². The number of hydrogen-bond donors (Lipinski definition) is 1. The molecule has 0 amide bonds. The Morgan fingerprint density at radius 1 is 1.05 bits per heavy atom. The molecule has 0 aliphatic heterocycles. The summed E-state index contributed by atoms with van der Waals surface area (Å²) in [5.74, 6) is 0. The molecule has 0 fully saturated rings. The van der Waals surface area contributed by atoms with E-state index in [1.54, 1.807) is 12.1 Å². The quantitative estimate of drug-likeness (QED) is 0.922. The molecule has 0 bridgehead atoms. The summed E-state index contributed by atoms with van der Waals surface area (Å²) in [5.41, 5.74) is 3.56. The van der Waals surface area contributed by atoms with Gasteiger partial charge in [-0.2, -0.15) is 0 Å². The fourth-order valence-corrected chi connectivity index (χ4v) is 2.82. The summed E-state index contributed by atoms with van der Waals surface area (Å²) in [4.78, 5) is 2.36. The van der Waals surface area contributed by atoms with Gasteiger partial charge in [0.05, 0.1) is 4.90 Å². The second kappa shape index (κ2) is 6.60. The van der Waals surface area contributed by atoms with Gasteiger partial charge in [0.15, 0.2) is 0 Å². The molecule has 0 heterocycles. The van der Waals surface area contributed by atoms with Gasteiger partial charge in [0.1, 0.15) is 0 Å². The molecule has 0 saturated carbocycles. The van der Waals surface area contributed by atoms with Crippen molar-refractivity contribution in [2.24, 2.45) is 5.14 Å². The maximum Gasteiger partial charge on any atom is 0.238 e. The Kier molecular flexibility index (Phi) is 5.01. The van der Waals surface area contributed by atoms with Crippen LogP contribution in [0.1, 0.15) is 29.7 Å². The second-order valence-electron chi connectivity index (χ2n) is 5.69. The van der Waals surface area contributed by atoms with Crippen molar-refractivity contribution in [2.45, 2.75) is 31.3 Å². The maximum atomic E-state index is 11.3. The van der Waals surface area contributed by atoms with Gasteiger partial charge in [0.25, 0.3) is 0 Å². The highest BCUT2D eigenvalue weighted by Crippen LogP contribution is 2.22. The highest BCUT2D eigenvalue weighted by atomic mass is 32.2. The average molecular weight is 318 g/mol. The molecule has 0 aliphatic carbocycles. The van der Waals surface area contributed by atoms with Crippen LogP contribution in [0.5, 0.6) is 0 Å². The smallest absolute Gasteiger partial charge is 0.238 e. The number of primary sulfonamides is 1. The third-order valence-corrected chi connectivity index (χ3v) is 4.83. The van der Waals surface area contributed by atoms with E-state index in [1.807, 2.05) is 12.1 Å². The minimum atomic E-state index is -3.63. The fourth-order valence-electron chi connectivity index (χ4n) is 2.31. The van der Waals surface area contributed by atoms with Crippen LogP contribution in [-0.2, 0) is 16.6 Å². The summed E-state index contributed by atoms with van der Waals surface area (Å²) in [6.07, 6.45) is 0. The largest absolute Gasteiger partial charge is 0.295 e. The lowest BCUT2D eigenvalue weighted by molar-refractivity contribution is 0.253. The predicted molar refractivity (Wildman–Crippen MR) is 88.9 cm³/mol. The molecule has 2 aromatic carbocycles. The topological polar surface area (TPSA) is 63.4 Å². The van der Waals surface area contributed by atoms with Crippen molar-refractivity contribution in [1.82, 2.24) is 4.90 Å². The first-order valence-electron chi connectivity index (χ1n) is 7.16. The van der Waals surface area contributed by atoms with Gasteiger partial charge >= 0.3 is 0 Å². The molecule has 0 aromatic heterocycles. The zero-order valence-electron chi connectivity index (χ0n) is 13.2. The van der Waals surface area contributed by atoms with Gasteiger partial charge in [-0.25, -0.2) is 13.6 Å². The zero-order valence-corrected chi connectivity index (χ0v) is 14.0. The summed E-state index contributed by atoms with van der Waals surface area (Å²) in [7, 11) is -1.58. The normalized spacial score (nSPS) is 13.3. The van der Waals surface area contributed by atoms with E-state index >= 15 is 0 Å². The van der Waals surface area contributed by atoms with Crippen LogP contribution in [0.3, 0.4) is 0 Å². The highest BCUT2D eigenvalue weighted by Gasteiger charge is 2.14. The molecule has 0 unspecified atom stereocenters. The minimum absolute atomic E-state index is 0.143. The summed E-state index contributed by atoms with van der Waals surface area (Å²) < 4.78 is 22.6. The summed E-state index contributed by atoms with van der Waals surface area (Å²) in [5, 5.41) is 5.12. The van der Waals surface area contributed by atoms with Gasteiger partial charge < -0.3 is 0 Å². The second-order valence-corrected chi connectivity index (χ2v) is 7.25. The van der Waals surface area contributed by atoms with Gasteiger partial charge in [-0.05, 0) is 44.2 Å². The van der Waals surface area contributed by atoms with Crippen molar-refractivity contribution in [2.75, 3.05) is 7.05 Å². The number of nitrogens with two attached hydrogens (primary N) is 1. The van der Waals surface area contributed by atoms with Crippen molar-refractivity contribution < 1.29 is 8.42 Å². The van der Waals surface area contributed by atoms with Crippen LogP contribution in [0.4, 0.5) is 0 Å². The number of rotatable bonds is 5. The van der Waals surface area contributed by atoms with E-state index in [0.717, 1.165) is 12.1 Å². The van der Waals surface area contributed by atoms with Gasteiger partial charge in [0.2, 0.25) is 10.0 Å². The molecule has 118 valence electrons. The Morgan fingerprint density at radius 2 is 1.59 bits per heavy atom. The molecule has 0 saturated heterocycles. The van der Waals surface area contributed by atoms with E-state index in [9.17, 15) is 8.42 Å². The van der Waals surface area contributed by atoms with Crippen LogP contribution in [-0.4, -0.2) is 20.4 Å². The minimum Gasteiger partial charge on any atom is -0.295 e. The Bertz CT molecular complexity index is 722. The predicted octanol–water partition coefficient (Wildman–Crippen LogP) is 2.84. The first-order valence-corrected chi connectivity index (χ1v) is 8.70. The molecule has 4 nitrogen and oxygen atoms in total. The number of sulfonamides is 1. The molecule has 22 heavy (non-hydrogen) atoms. The van der Waals surface area contributed by atoms with E-state index in [0.29, 0.717) is 0 Å². The van der Waals surface area contributed by atoms with Crippen molar-refractivity contribution in [3.63, 3.8) is 0 Å². The first kappa shape index (κ1) is 16.7. The Morgan fingerprint density at radius 3 is 2.09 bits per heavy atom. The van der Waals surface area contributed by atoms with Crippen LogP contribution in [0, 0.1) is 6.92 Å². The highest BCUT2D eigenvalue weighted by molar-refractivity contribution is 7.89. The molecule has 2 aromatic rings. The van der Waals surface area contributed by atoms with Crippen LogP contribution in [0.25, 0.3) is 0 Å². The molecule has 5 heteroatoms. The van der Waals surface area contributed by atoms with Crippen molar-refractivity contribution >= 4 is 10.0 Å². The lowest BCUT2D eigenvalue weighted by atomic mass is 10.1. The molecule has 0 radical (unpaired) electrons. The summed E-state index contributed by atoms with van der Waals surface area (Å²) in [6, 6.07) is 15.4. The standard InChI is InChI=1S/C17H22N2O2S/c1-13-4-6-15(7-5-13)12-19(3)14(2)16-8-10-17(11-9-16)22(18,20)21/h4-11,14H,12H2,1-3H3,(H2,18,20,21)/t14-/m1/s1. The molecule has 2 N–H and O–H groups in total. The lowest BCUT2D eigenvalue weighted by Crippen LogP contribution is -2.22. The molecule has 2 rings (SSSR count). The van der Waals surface area contributed by atoms with Crippen LogP contribution < -0.4 is 5.14 Å². The van der Waals surface area contributed by atoms with Gasteiger partial charge in [-0.1, -0.05) is 42.0 Å². The number of benzene rings is 2. The number of nitrogens with zero attached hydrogens (tertiary/aromatic N) is 1. The van der Waals surface area contributed by atoms with Crippen molar-refractivity contribution in [1.29, 1.82) is 0 Å². The molecule has 1 atom stereocenters. The fraction of sp³-hybridized carbons (Fsp3) is 0.294. The SMILES string of the molecule is Cc1ccc(CN(C)[C@H](C)c2ccc(S(N)(=O)=O)cc2)cc1. The van der Waals surface area contributed by atoms with Crippen LogP contribution >= 0.6 is 0 Å². The van der Waals surface area contributed by atoms with E-state index in [4.69, 9.17) is 5.14 Å². The Labute approximate surface area is 132 Å². The Hall–Kier alpha value is -1.69. The van der Waals surface area contributed by atoms with Crippen molar-refractivity contribution in [3.8, 4) is 0 Å². The van der Waals surface area contributed by atoms with Gasteiger partial charge in [0, 0.05) is 12.6 Å². The van der Waals surface area contributed by atoms with E-state index in [-0.39, 0.29) is 10.9 Å². The van der Waals surface area contributed by atoms with E-state index < -0.39 is 10.0 Å². The molecular weight excluding hydrogens is 296 g/mol. The van der Waals surface area contributed by atoms with Gasteiger partial charge in [-0.15, -0.1) is 0 Å². The monoisotopic (exact) mass is 318 g/mol. The Balaban J connectivity index is 2.10. The third kappa shape index (κ3) is 4.16. The number of hydrogen-bond acceptors (Lipinski definition) is 3. The summed E-state index contributed by atoms with van der Waals surface area (Å²) in [6.45, 7) is 5.00. The maximum absolute atomic E-state index is 11.3. The lowest BCUT2D eigenvalue weighted by Gasteiger charge is -2.25. The van der Waals surface area contributed by atoms with Gasteiger partial charge in [-0.3, -0.25) is 4.90 Å². The summed E-state index contributed by atoms with van der Waals surface area (Å²) >= 11 is 0. The number of aryl methyl sites for hydroxylation is 1. The zero-order chi connectivity index (χ0) is 16.3. The van der Waals surface area contributed by atoms with E-state index in [2.05, 4.69) is 50.1 Å². The molecule has 0 spiro atoms. The van der Waals surface area contributed by atoms with Crippen LogP contribution in [0.15, 0.2) is 53.4 Å².